The lowest BCUT2D eigenvalue weighted by Gasteiger charge is -2.39. The van der Waals surface area contributed by atoms with E-state index in [-0.39, 0.29) is 36.3 Å². The van der Waals surface area contributed by atoms with E-state index in [0.717, 1.165) is 27.8 Å². The lowest BCUT2D eigenvalue weighted by atomic mass is 10.1. The van der Waals surface area contributed by atoms with Crippen LogP contribution in [0.25, 0.3) is 5.00 Å². The van der Waals surface area contributed by atoms with Crippen molar-refractivity contribution in [2.75, 3.05) is 19.6 Å². The number of hydrogen-bond donors (Lipinski definition) is 1. The molecule has 4 rings (SSSR count). The van der Waals surface area contributed by atoms with Crippen molar-refractivity contribution in [3.05, 3.63) is 64.9 Å². The molecule has 198 valence electrons. The number of thiophene rings is 1. The molecule has 2 aromatic heterocycles. The molecule has 1 aliphatic rings. The van der Waals surface area contributed by atoms with Gasteiger partial charge in [-0.05, 0) is 29.8 Å². The summed E-state index contributed by atoms with van der Waals surface area (Å²) in [7, 11) is -4.14. The fourth-order valence-corrected chi connectivity index (χ4v) is 6.84. The number of amides is 2. The van der Waals surface area contributed by atoms with Crippen molar-refractivity contribution in [2.45, 2.75) is 29.9 Å². The van der Waals surface area contributed by atoms with Crippen LogP contribution in [0.3, 0.4) is 0 Å². The lowest BCUT2D eigenvalue weighted by Crippen LogP contribution is -2.61. The van der Waals surface area contributed by atoms with Crippen LogP contribution in [0.5, 0.6) is 0 Å². The molecule has 1 fully saturated rings. The first-order chi connectivity index (χ1) is 17.4. The van der Waals surface area contributed by atoms with Crippen LogP contribution in [0.4, 0.5) is 13.2 Å². The van der Waals surface area contributed by atoms with Crippen LogP contribution in [0, 0.1) is 0 Å². The van der Waals surface area contributed by atoms with Crippen LogP contribution in [0.1, 0.15) is 18.1 Å². The van der Waals surface area contributed by atoms with Crippen molar-refractivity contribution in [1.29, 1.82) is 0 Å². The summed E-state index contributed by atoms with van der Waals surface area (Å²) in [6, 6.07) is 5.99. The molecule has 3 heterocycles. The standard InChI is InChI=1S/C22H21ClF3N5O4S2/c1-14(32)29-8-9-31(37(34,35)20-7-6-19(36-20)30-12-17(23)11-28-30)18(13-29)21(33)27-10-15-2-4-16(5-3-15)22(24,25)26/h2-7,11-12,18H,8-10,13H2,1H3,(H,27,33). The topological polar surface area (TPSA) is 105 Å². The van der Waals surface area contributed by atoms with Gasteiger partial charge in [0.2, 0.25) is 11.8 Å². The average Bonchev–Trinajstić information content (AvgIpc) is 3.51. The van der Waals surface area contributed by atoms with E-state index in [2.05, 4.69) is 10.4 Å². The smallest absolute Gasteiger partial charge is 0.351 e. The summed E-state index contributed by atoms with van der Waals surface area (Å²) in [5, 5.41) is 7.51. The van der Waals surface area contributed by atoms with Crippen LogP contribution in [-0.4, -0.2) is 64.9 Å². The Bertz CT molecular complexity index is 1410. The van der Waals surface area contributed by atoms with Gasteiger partial charge in [-0.3, -0.25) is 9.59 Å². The van der Waals surface area contributed by atoms with Gasteiger partial charge in [-0.25, -0.2) is 13.1 Å². The minimum Gasteiger partial charge on any atom is -0.351 e. The molecular weight excluding hydrogens is 555 g/mol. The quantitative estimate of drug-likeness (QED) is 0.486. The number of halogens is 4. The summed E-state index contributed by atoms with van der Waals surface area (Å²) in [6.45, 7) is 1.03. The molecule has 0 radical (unpaired) electrons. The number of carbonyl (C=O) groups excluding carboxylic acids is 2. The van der Waals surface area contributed by atoms with E-state index in [4.69, 9.17) is 11.6 Å². The van der Waals surface area contributed by atoms with Crippen LogP contribution >= 0.6 is 22.9 Å². The average molecular weight is 576 g/mol. The van der Waals surface area contributed by atoms with E-state index in [0.29, 0.717) is 15.6 Å². The van der Waals surface area contributed by atoms with Gasteiger partial charge < -0.3 is 10.2 Å². The number of alkyl halides is 3. The highest BCUT2D eigenvalue weighted by molar-refractivity contribution is 7.91. The summed E-state index contributed by atoms with van der Waals surface area (Å²) < 4.78 is 67.9. The van der Waals surface area contributed by atoms with Gasteiger partial charge >= 0.3 is 6.18 Å². The van der Waals surface area contributed by atoms with Gasteiger partial charge in [-0.2, -0.15) is 22.6 Å². The third-order valence-corrected chi connectivity index (χ3v) is 9.38. The Kier molecular flexibility index (Phi) is 7.65. The maximum Gasteiger partial charge on any atom is 0.416 e. The van der Waals surface area contributed by atoms with Crippen LogP contribution in [0.15, 0.2) is 53.0 Å². The minimum absolute atomic E-state index is 0.0223. The Morgan fingerprint density at radius 3 is 2.46 bits per heavy atom. The van der Waals surface area contributed by atoms with Gasteiger partial charge in [0.15, 0.2) is 0 Å². The fraction of sp³-hybridized carbons (Fsp3) is 0.318. The van der Waals surface area contributed by atoms with Crippen LogP contribution in [0.2, 0.25) is 5.02 Å². The first-order valence-corrected chi connectivity index (χ1v) is 13.5. The Morgan fingerprint density at radius 1 is 1.16 bits per heavy atom. The first-order valence-electron chi connectivity index (χ1n) is 10.9. The highest BCUT2D eigenvalue weighted by Gasteiger charge is 2.41. The molecule has 1 aromatic carbocycles. The normalized spacial score (nSPS) is 17.1. The lowest BCUT2D eigenvalue weighted by molar-refractivity contribution is -0.138. The Balaban J connectivity index is 1.54. The predicted molar refractivity (Wildman–Crippen MR) is 130 cm³/mol. The molecular formula is C22H21ClF3N5O4S2. The van der Waals surface area contributed by atoms with Gasteiger partial charge in [0, 0.05) is 33.1 Å². The number of nitrogens with one attached hydrogen (secondary N) is 1. The fourth-order valence-electron chi connectivity index (χ4n) is 3.78. The summed E-state index contributed by atoms with van der Waals surface area (Å²) in [5.41, 5.74) is -0.423. The second-order valence-electron chi connectivity index (χ2n) is 8.20. The van der Waals surface area contributed by atoms with Crippen molar-refractivity contribution in [3.63, 3.8) is 0 Å². The molecule has 15 heteroatoms. The molecule has 1 unspecified atom stereocenters. The molecule has 2 amide bonds. The van der Waals surface area contributed by atoms with E-state index in [9.17, 15) is 31.2 Å². The van der Waals surface area contributed by atoms with E-state index in [1.165, 1.54) is 47.1 Å². The summed E-state index contributed by atoms with van der Waals surface area (Å²) in [4.78, 5) is 26.5. The zero-order chi connectivity index (χ0) is 27.0. The molecule has 1 saturated heterocycles. The zero-order valence-electron chi connectivity index (χ0n) is 19.3. The molecule has 0 spiro atoms. The van der Waals surface area contributed by atoms with Crippen LogP contribution < -0.4 is 5.32 Å². The largest absolute Gasteiger partial charge is 0.416 e. The number of benzene rings is 1. The minimum atomic E-state index is -4.49. The van der Waals surface area contributed by atoms with E-state index in [1.54, 1.807) is 6.07 Å². The van der Waals surface area contributed by atoms with E-state index < -0.39 is 33.7 Å². The van der Waals surface area contributed by atoms with Crippen molar-refractivity contribution in [3.8, 4) is 5.00 Å². The number of nitrogens with zero attached hydrogens (tertiary/aromatic N) is 4. The maximum atomic E-state index is 13.5. The van der Waals surface area contributed by atoms with Crippen molar-refractivity contribution < 1.29 is 31.2 Å². The van der Waals surface area contributed by atoms with E-state index >= 15 is 0 Å². The Labute approximate surface area is 219 Å². The molecule has 1 aliphatic heterocycles. The Morgan fingerprint density at radius 2 is 1.86 bits per heavy atom. The van der Waals surface area contributed by atoms with E-state index in [1.807, 2.05) is 0 Å². The summed E-state index contributed by atoms with van der Waals surface area (Å²) in [6.07, 6.45) is -1.55. The third-order valence-electron chi connectivity index (χ3n) is 5.73. The first kappa shape index (κ1) is 27.1. The third kappa shape index (κ3) is 5.98. The second kappa shape index (κ2) is 10.4. The second-order valence-corrected chi connectivity index (χ2v) is 11.8. The van der Waals surface area contributed by atoms with Gasteiger partial charge in [-0.1, -0.05) is 23.7 Å². The predicted octanol–water partition coefficient (Wildman–Crippen LogP) is 3.14. The monoisotopic (exact) mass is 575 g/mol. The van der Waals surface area contributed by atoms with Gasteiger partial charge in [0.1, 0.15) is 15.3 Å². The molecule has 3 aromatic rings. The summed E-state index contributed by atoms with van der Waals surface area (Å²) in [5.74, 6) is -0.989. The molecule has 1 N–H and O–H groups in total. The molecule has 0 saturated carbocycles. The maximum absolute atomic E-state index is 13.5. The van der Waals surface area contributed by atoms with Crippen molar-refractivity contribution in [1.82, 2.24) is 24.3 Å². The summed E-state index contributed by atoms with van der Waals surface area (Å²) >= 11 is 6.83. The number of sulfonamides is 1. The number of carbonyl (C=O) groups is 2. The highest BCUT2D eigenvalue weighted by Crippen LogP contribution is 2.31. The van der Waals surface area contributed by atoms with Crippen molar-refractivity contribution in [2.24, 2.45) is 0 Å². The SMILES string of the molecule is CC(=O)N1CCN(S(=O)(=O)c2ccc(-n3cc(Cl)cn3)s2)C(C(=O)NCc2ccc(C(F)(F)F)cc2)C1. The molecule has 1 atom stereocenters. The van der Waals surface area contributed by atoms with Gasteiger partial charge in [0.05, 0.1) is 23.0 Å². The number of aromatic nitrogens is 2. The number of hydrogen-bond acceptors (Lipinski definition) is 6. The van der Waals surface area contributed by atoms with Gasteiger partial charge in [-0.15, -0.1) is 11.3 Å². The highest BCUT2D eigenvalue weighted by atomic mass is 35.5. The number of piperazine rings is 1. The molecule has 0 aliphatic carbocycles. The molecule has 0 bridgehead atoms. The molecule has 9 nitrogen and oxygen atoms in total. The zero-order valence-corrected chi connectivity index (χ0v) is 21.7. The van der Waals surface area contributed by atoms with Gasteiger partial charge in [0.25, 0.3) is 10.0 Å². The number of rotatable bonds is 6. The van der Waals surface area contributed by atoms with Crippen LogP contribution in [-0.2, 0) is 32.3 Å². The Hall–Kier alpha value is -2.94. The van der Waals surface area contributed by atoms with Crippen molar-refractivity contribution >= 4 is 44.8 Å². The molecule has 37 heavy (non-hydrogen) atoms.